The third kappa shape index (κ3) is 6.68. The van der Waals surface area contributed by atoms with Gasteiger partial charge in [0, 0.05) is 40.3 Å². The Morgan fingerprint density at radius 2 is 1.79 bits per heavy atom. The number of hydrogen-bond donors (Lipinski definition) is 0. The lowest BCUT2D eigenvalue weighted by Gasteiger charge is -2.29. The Morgan fingerprint density at radius 3 is 2.44 bits per heavy atom. The van der Waals surface area contributed by atoms with Gasteiger partial charge in [-0.2, -0.15) is 0 Å². The van der Waals surface area contributed by atoms with E-state index in [0.29, 0.717) is 70.1 Å². The van der Waals surface area contributed by atoms with E-state index in [-0.39, 0.29) is 28.5 Å². The maximum absolute atomic E-state index is 14.5. The molecule has 226 valence electrons. The van der Waals surface area contributed by atoms with Crippen molar-refractivity contribution in [3.8, 4) is 33.3 Å². The Morgan fingerprint density at radius 1 is 1.07 bits per heavy atom. The fourth-order valence-electron chi connectivity index (χ4n) is 5.37. The topological polar surface area (TPSA) is 64.4 Å². The summed E-state index contributed by atoms with van der Waals surface area (Å²) >= 11 is 7.72. The highest BCUT2D eigenvalue weighted by atomic mass is 35.5. The Bertz CT molecular complexity index is 1660. The zero-order chi connectivity index (χ0) is 30.7. The van der Waals surface area contributed by atoms with E-state index in [1.165, 1.54) is 23.5 Å². The van der Waals surface area contributed by atoms with E-state index in [9.17, 15) is 18.4 Å². The Labute approximate surface area is 258 Å². The second-order valence-corrected chi connectivity index (χ2v) is 12.3. The number of nitrogens with zero attached hydrogens (tertiary/aromatic N) is 3. The number of rotatable bonds is 9. The molecule has 2 aromatic carbocycles. The van der Waals surface area contributed by atoms with Crippen LogP contribution in [-0.2, 0) is 6.42 Å². The number of alkyl halides is 2. The number of likely N-dealkylation sites (tertiary alicyclic amines) is 1. The molecule has 0 bridgehead atoms. The van der Waals surface area contributed by atoms with E-state index >= 15 is 0 Å². The molecular weight excluding hydrogens is 592 g/mol. The van der Waals surface area contributed by atoms with E-state index < -0.39 is 6.43 Å². The van der Waals surface area contributed by atoms with Gasteiger partial charge >= 0.3 is 0 Å². The lowest BCUT2D eigenvalue weighted by Crippen LogP contribution is -2.38. The fourth-order valence-corrected chi connectivity index (χ4v) is 6.38. The number of amides is 1. The van der Waals surface area contributed by atoms with Crippen molar-refractivity contribution in [2.75, 3.05) is 19.7 Å². The number of carbonyl (C=O) groups excluding carboxylic acids is 1. The van der Waals surface area contributed by atoms with Crippen LogP contribution >= 0.6 is 22.9 Å². The van der Waals surface area contributed by atoms with Crippen LogP contribution in [-0.4, -0.2) is 40.1 Å². The van der Waals surface area contributed by atoms with Crippen molar-refractivity contribution < 1.29 is 18.3 Å². The minimum absolute atomic E-state index is 0.0738. The number of hydrogen-bond acceptors (Lipinski definition) is 5. The molecule has 0 aliphatic carbocycles. The van der Waals surface area contributed by atoms with Gasteiger partial charge in [-0.25, -0.2) is 13.8 Å². The summed E-state index contributed by atoms with van der Waals surface area (Å²) in [7, 11) is 0. The number of carbonyl (C=O) groups is 1. The van der Waals surface area contributed by atoms with Crippen molar-refractivity contribution in [1.29, 1.82) is 0 Å². The molecule has 3 heterocycles. The second kappa shape index (κ2) is 13.4. The average Bonchev–Trinajstić information content (AvgIpc) is 3.48. The van der Waals surface area contributed by atoms with Gasteiger partial charge in [-0.1, -0.05) is 49.7 Å². The molecule has 1 aliphatic heterocycles. The Balaban J connectivity index is 1.74. The van der Waals surface area contributed by atoms with Crippen LogP contribution in [0.4, 0.5) is 8.78 Å². The highest BCUT2D eigenvalue weighted by Gasteiger charge is 2.28. The van der Waals surface area contributed by atoms with Gasteiger partial charge in [-0.05, 0) is 62.8 Å². The number of aromatic nitrogens is 2. The molecule has 1 fully saturated rings. The number of thiazole rings is 1. The van der Waals surface area contributed by atoms with E-state index in [4.69, 9.17) is 21.3 Å². The summed E-state index contributed by atoms with van der Waals surface area (Å²) in [5, 5.41) is 2.64. The molecule has 0 saturated carbocycles. The molecule has 2 aromatic heterocycles. The van der Waals surface area contributed by atoms with Gasteiger partial charge in [-0.15, -0.1) is 11.3 Å². The SMILES string of the molecule is CCOc1ccc(Cl)cc1-n1c(CC(C)C)c(C(=O)N2CCCCC2)cc(-c2nc(-c3ccc(C(F)F)cc3)cs2)c1=O. The van der Waals surface area contributed by atoms with Gasteiger partial charge in [0.05, 0.1) is 29.1 Å². The third-order valence-electron chi connectivity index (χ3n) is 7.43. The zero-order valence-electron chi connectivity index (χ0n) is 24.4. The zero-order valence-corrected chi connectivity index (χ0v) is 26.0. The molecule has 0 spiro atoms. The predicted molar refractivity (Wildman–Crippen MR) is 168 cm³/mol. The number of halogens is 3. The summed E-state index contributed by atoms with van der Waals surface area (Å²) in [5.41, 5.74) is 2.58. The molecule has 5 rings (SSSR count). The molecule has 0 atom stereocenters. The standard InChI is InChI=1S/C33H34ClF2N3O3S/c1-4-42-29-13-12-23(34)17-28(29)39-27(16-20(2)3)24(32(40)38-14-6-5-7-15-38)18-25(33(39)41)31-37-26(19-43-31)21-8-10-22(11-9-21)30(35)36/h8-13,17-20,30H,4-7,14-16H2,1-3H3. The number of ether oxygens (including phenoxy) is 1. The average molecular weight is 626 g/mol. The van der Waals surface area contributed by atoms with E-state index in [0.717, 1.165) is 19.3 Å². The van der Waals surface area contributed by atoms with Gasteiger partial charge in [-0.3, -0.25) is 14.2 Å². The van der Waals surface area contributed by atoms with Crippen LogP contribution < -0.4 is 10.3 Å². The number of benzene rings is 2. The van der Waals surface area contributed by atoms with Gasteiger partial charge in [0.1, 0.15) is 10.8 Å². The first-order valence-electron chi connectivity index (χ1n) is 14.5. The highest BCUT2D eigenvalue weighted by molar-refractivity contribution is 7.13. The van der Waals surface area contributed by atoms with Crippen LogP contribution in [0.25, 0.3) is 27.5 Å². The van der Waals surface area contributed by atoms with Crippen LogP contribution in [0.5, 0.6) is 5.75 Å². The molecule has 6 nitrogen and oxygen atoms in total. The summed E-state index contributed by atoms with van der Waals surface area (Å²) in [6, 6.07) is 12.7. The van der Waals surface area contributed by atoms with Crippen molar-refractivity contribution in [2.45, 2.75) is 52.9 Å². The molecule has 1 aliphatic rings. The van der Waals surface area contributed by atoms with Crippen molar-refractivity contribution in [3.63, 3.8) is 0 Å². The fraction of sp³-hybridized carbons (Fsp3) is 0.364. The molecule has 1 saturated heterocycles. The van der Waals surface area contributed by atoms with Crippen molar-refractivity contribution in [3.05, 3.63) is 86.1 Å². The molecule has 1 amide bonds. The summed E-state index contributed by atoms with van der Waals surface area (Å²) in [5.74, 6) is 0.498. The molecule has 0 radical (unpaired) electrons. The molecular formula is C33H34ClF2N3O3S. The quantitative estimate of drug-likeness (QED) is 0.187. The number of pyridine rings is 1. The van der Waals surface area contributed by atoms with Crippen LogP contribution in [0, 0.1) is 5.92 Å². The minimum atomic E-state index is -2.56. The molecule has 43 heavy (non-hydrogen) atoms. The van der Waals surface area contributed by atoms with Gasteiger partial charge in [0.25, 0.3) is 17.9 Å². The first kappa shape index (κ1) is 30.9. The van der Waals surface area contributed by atoms with Crippen LogP contribution in [0.3, 0.4) is 0 Å². The Hall–Kier alpha value is -3.56. The summed E-state index contributed by atoms with van der Waals surface area (Å²) in [6.45, 7) is 7.65. The van der Waals surface area contributed by atoms with Crippen molar-refractivity contribution in [1.82, 2.24) is 14.5 Å². The van der Waals surface area contributed by atoms with Crippen LogP contribution in [0.15, 0.2) is 58.7 Å². The first-order chi connectivity index (χ1) is 20.7. The van der Waals surface area contributed by atoms with E-state index in [2.05, 4.69) is 0 Å². The Kier molecular flexibility index (Phi) is 9.62. The normalized spacial score (nSPS) is 13.6. The van der Waals surface area contributed by atoms with Crippen LogP contribution in [0.2, 0.25) is 5.02 Å². The predicted octanol–water partition coefficient (Wildman–Crippen LogP) is 8.44. The maximum atomic E-state index is 14.5. The molecule has 0 N–H and O–H groups in total. The second-order valence-electron chi connectivity index (χ2n) is 11.0. The maximum Gasteiger partial charge on any atom is 0.265 e. The van der Waals surface area contributed by atoms with Gasteiger partial charge < -0.3 is 9.64 Å². The summed E-state index contributed by atoms with van der Waals surface area (Å²) < 4.78 is 33.7. The monoisotopic (exact) mass is 625 g/mol. The lowest BCUT2D eigenvalue weighted by atomic mass is 9.98. The molecule has 10 heteroatoms. The largest absolute Gasteiger partial charge is 0.492 e. The summed E-state index contributed by atoms with van der Waals surface area (Å²) in [6.07, 6.45) is 0.851. The van der Waals surface area contributed by atoms with E-state index in [1.54, 1.807) is 46.3 Å². The molecule has 4 aromatic rings. The summed E-state index contributed by atoms with van der Waals surface area (Å²) in [4.78, 5) is 35.2. The van der Waals surface area contributed by atoms with Crippen molar-refractivity contribution >= 4 is 28.8 Å². The van der Waals surface area contributed by atoms with Crippen LogP contribution in [0.1, 0.15) is 68.1 Å². The molecule has 0 unspecified atom stereocenters. The highest BCUT2D eigenvalue weighted by Crippen LogP contribution is 2.34. The van der Waals surface area contributed by atoms with E-state index in [1.807, 2.05) is 25.7 Å². The number of piperidine rings is 1. The first-order valence-corrected chi connectivity index (χ1v) is 15.8. The van der Waals surface area contributed by atoms with Gasteiger partial charge in [0.2, 0.25) is 0 Å². The van der Waals surface area contributed by atoms with Crippen molar-refractivity contribution in [2.24, 2.45) is 5.92 Å². The lowest BCUT2D eigenvalue weighted by molar-refractivity contribution is 0.0722. The smallest absolute Gasteiger partial charge is 0.265 e. The van der Waals surface area contributed by atoms with Gasteiger partial charge in [0.15, 0.2) is 0 Å². The minimum Gasteiger partial charge on any atom is -0.492 e. The third-order valence-corrected chi connectivity index (χ3v) is 8.54.